The maximum Gasteiger partial charge on any atom is 0.336 e. The molecular formula is C20H16ClN3O4S. The molecule has 2 aromatic carbocycles. The van der Waals surface area contributed by atoms with E-state index in [1.54, 1.807) is 13.2 Å². The number of phenolic OH excluding ortho intramolecular Hbond substituents is 1. The van der Waals surface area contributed by atoms with Gasteiger partial charge in [0.25, 0.3) is 0 Å². The van der Waals surface area contributed by atoms with Crippen LogP contribution in [0.4, 0.5) is 0 Å². The van der Waals surface area contributed by atoms with Crippen molar-refractivity contribution < 1.29 is 14.3 Å². The summed E-state index contributed by atoms with van der Waals surface area (Å²) in [5.74, 6) is 1.81. The van der Waals surface area contributed by atoms with Crippen LogP contribution >= 0.6 is 23.4 Å². The lowest BCUT2D eigenvalue weighted by Crippen LogP contribution is -2.01. The zero-order valence-corrected chi connectivity index (χ0v) is 17.1. The van der Waals surface area contributed by atoms with Gasteiger partial charge in [-0.1, -0.05) is 23.4 Å². The minimum Gasteiger partial charge on any atom is -0.506 e. The molecule has 0 amide bonds. The topological polar surface area (TPSA) is 90.4 Å². The molecule has 0 bridgehead atoms. The summed E-state index contributed by atoms with van der Waals surface area (Å²) in [5, 5.41) is 19.8. The fourth-order valence-electron chi connectivity index (χ4n) is 2.93. The molecule has 0 radical (unpaired) electrons. The van der Waals surface area contributed by atoms with Crippen LogP contribution in [0.15, 0.2) is 56.8 Å². The van der Waals surface area contributed by atoms with Gasteiger partial charge >= 0.3 is 5.63 Å². The summed E-state index contributed by atoms with van der Waals surface area (Å²) in [6.45, 7) is 0. The van der Waals surface area contributed by atoms with E-state index in [1.165, 1.54) is 23.9 Å². The van der Waals surface area contributed by atoms with E-state index in [1.807, 2.05) is 35.9 Å². The van der Waals surface area contributed by atoms with Gasteiger partial charge in [-0.25, -0.2) is 4.79 Å². The molecule has 148 valence electrons. The van der Waals surface area contributed by atoms with Crippen LogP contribution in [0.2, 0.25) is 5.02 Å². The quantitative estimate of drug-likeness (QED) is 0.374. The molecule has 4 rings (SSSR count). The molecule has 29 heavy (non-hydrogen) atoms. The van der Waals surface area contributed by atoms with Gasteiger partial charge in [-0.05, 0) is 35.9 Å². The third-order valence-electron chi connectivity index (χ3n) is 4.44. The Bertz CT molecular complexity index is 1250. The van der Waals surface area contributed by atoms with Crippen molar-refractivity contribution in [3.05, 3.63) is 63.5 Å². The Morgan fingerprint density at radius 1 is 1.21 bits per heavy atom. The van der Waals surface area contributed by atoms with E-state index in [-0.39, 0.29) is 16.4 Å². The Morgan fingerprint density at radius 3 is 2.69 bits per heavy atom. The summed E-state index contributed by atoms with van der Waals surface area (Å²) in [6.07, 6.45) is 0. The van der Waals surface area contributed by atoms with Gasteiger partial charge in [0.05, 0.1) is 12.1 Å². The van der Waals surface area contributed by atoms with Crippen LogP contribution in [-0.4, -0.2) is 27.0 Å². The van der Waals surface area contributed by atoms with Gasteiger partial charge in [0.2, 0.25) is 0 Å². The number of fused-ring (bicyclic) bond motifs is 1. The summed E-state index contributed by atoms with van der Waals surface area (Å²) >= 11 is 7.46. The van der Waals surface area contributed by atoms with Crippen LogP contribution < -0.4 is 10.4 Å². The minimum atomic E-state index is -0.494. The minimum absolute atomic E-state index is 0.135. The summed E-state index contributed by atoms with van der Waals surface area (Å²) in [4.78, 5) is 11.9. The number of halogens is 1. The highest BCUT2D eigenvalue weighted by Gasteiger charge is 2.14. The molecule has 0 saturated heterocycles. The van der Waals surface area contributed by atoms with E-state index in [0.29, 0.717) is 16.3 Å². The highest BCUT2D eigenvalue weighted by atomic mass is 35.5. The molecule has 0 spiro atoms. The number of hydrogen-bond donors (Lipinski definition) is 1. The highest BCUT2D eigenvalue weighted by Crippen LogP contribution is 2.33. The van der Waals surface area contributed by atoms with Crippen LogP contribution in [0.5, 0.6) is 11.5 Å². The van der Waals surface area contributed by atoms with E-state index in [2.05, 4.69) is 10.2 Å². The first-order valence-corrected chi connectivity index (χ1v) is 9.94. The van der Waals surface area contributed by atoms with E-state index >= 15 is 0 Å². The number of methoxy groups -OCH3 is 1. The first-order chi connectivity index (χ1) is 14.0. The molecule has 0 saturated carbocycles. The molecule has 0 atom stereocenters. The first-order valence-electron chi connectivity index (χ1n) is 8.58. The fourth-order valence-corrected chi connectivity index (χ4v) is 4.00. The molecule has 0 fully saturated rings. The van der Waals surface area contributed by atoms with Gasteiger partial charge in [-0.2, -0.15) is 0 Å². The van der Waals surface area contributed by atoms with Gasteiger partial charge in [0.15, 0.2) is 11.0 Å². The maximum atomic E-state index is 11.9. The Hall–Kier alpha value is -2.97. The average molecular weight is 430 g/mol. The standard InChI is InChI=1S/C20H16ClN3O4S/c1-24-19(11-3-5-13(27-2)6-4-11)22-23-20(24)29-10-12-7-18(26)28-17-9-16(25)15(21)8-14(12)17/h3-9,25H,10H2,1-2H3. The number of phenols is 1. The molecule has 0 aliphatic rings. The largest absolute Gasteiger partial charge is 0.506 e. The van der Waals surface area contributed by atoms with Crippen molar-refractivity contribution in [1.82, 2.24) is 14.8 Å². The van der Waals surface area contributed by atoms with Crippen molar-refractivity contribution in [3.63, 3.8) is 0 Å². The Kier molecular flexibility index (Phi) is 5.21. The van der Waals surface area contributed by atoms with E-state index < -0.39 is 5.63 Å². The number of thioether (sulfide) groups is 1. The smallest absolute Gasteiger partial charge is 0.336 e. The van der Waals surface area contributed by atoms with Crippen LogP contribution in [-0.2, 0) is 12.8 Å². The van der Waals surface area contributed by atoms with Crippen LogP contribution in [0.3, 0.4) is 0 Å². The second kappa shape index (κ2) is 7.81. The average Bonchev–Trinajstić information content (AvgIpc) is 3.08. The monoisotopic (exact) mass is 429 g/mol. The molecule has 7 nitrogen and oxygen atoms in total. The predicted octanol–water partition coefficient (Wildman–Crippen LogP) is 4.25. The van der Waals surface area contributed by atoms with Gasteiger partial charge < -0.3 is 18.8 Å². The van der Waals surface area contributed by atoms with Crippen LogP contribution in [0.25, 0.3) is 22.4 Å². The summed E-state index contributed by atoms with van der Waals surface area (Å²) in [7, 11) is 3.50. The summed E-state index contributed by atoms with van der Waals surface area (Å²) < 4.78 is 12.2. The molecule has 0 unspecified atom stereocenters. The molecule has 0 aliphatic carbocycles. The van der Waals surface area contributed by atoms with Gasteiger partial charge in [0, 0.05) is 35.9 Å². The first kappa shape index (κ1) is 19.4. The van der Waals surface area contributed by atoms with Crippen LogP contribution in [0, 0.1) is 0 Å². The zero-order valence-electron chi connectivity index (χ0n) is 15.5. The van der Waals surface area contributed by atoms with Crippen LogP contribution in [0.1, 0.15) is 5.56 Å². The molecule has 9 heteroatoms. The van der Waals surface area contributed by atoms with Crippen molar-refractivity contribution in [3.8, 4) is 22.9 Å². The predicted molar refractivity (Wildman–Crippen MR) is 112 cm³/mol. The number of aromatic nitrogens is 3. The van der Waals surface area contributed by atoms with Crippen molar-refractivity contribution in [2.24, 2.45) is 7.05 Å². The molecule has 4 aromatic rings. The number of ether oxygens (including phenoxy) is 1. The SMILES string of the molecule is COc1ccc(-c2nnc(SCc3cc(=O)oc4cc(O)c(Cl)cc34)n2C)cc1. The van der Waals surface area contributed by atoms with Crippen molar-refractivity contribution in [2.75, 3.05) is 7.11 Å². The number of hydrogen-bond acceptors (Lipinski definition) is 7. The van der Waals surface area contributed by atoms with E-state index in [4.69, 9.17) is 20.8 Å². The van der Waals surface area contributed by atoms with Gasteiger partial charge in [-0.15, -0.1) is 10.2 Å². The highest BCUT2D eigenvalue weighted by molar-refractivity contribution is 7.98. The van der Waals surface area contributed by atoms with Crippen molar-refractivity contribution >= 4 is 34.3 Å². The number of nitrogens with zero attached hydrogens (tertiary/aromatic N) is 3. The second-order valence-corrected chi connectivity index (χ2v) is 7.62. The molecule has 2 heterocycles. The normalized spacial score (nSPS) is 11.1. The summed E-state index contributed by atoms with van der Waals surface area (Å²) in [5.41, 5.74) is 1.44. The lowest BCUT2D eigenvalue weighted by Gasteiger charge is -2.07. The molecule has 1 N–H and O–H groups in total. The molecular weight excluding hydrogens is 414 g/mol. The number of benzene rings is 2. The lowest BCUT2D eigenvalue weighted by molar-refractivity contribution is 0.415. The summed E-state index contributed by atoms with van der Waals surface area (Å²) in [6, 6.07) is 11.9. The van der Waals surface area contributed by atoms with Crippen molar-refractivity contribution in [1.29, 1.82) is 0 Å². The van der Waals surface area contributed by atoms with Gasteiger partial charge in [0.1, 0.15) is 17.1 Å². The lowest BCUT2D eigenvalue weighted by atomic mass is 10.1. The van der Waals surface area contributed by atoms with Gasteiger partial charge in [-0.3, -0.25) is 0 Å². The second-order valence-electron chi connectivity index (χ2n) is 6.27. The van der Waals surface area contributed by atoms with E-state index in [0.717, 1.165) is 22.7 Å². The fraction of sp³-hybridized carbons (Fsp3) is 0.150. The third kappa shape index (κ3) is 3.81. The zero-order chi connectivity index (χ0) is 20.5. The molecule has 0 aliphatic heterocycles. The van der Waals surface area contributed by atoms with Crippen molar-refractivity contribution in [2.45, 2.75) is 10.9 Å². The number of rotatable bonds is 5. The Balaban J connectivity index is 1.62. The number of aromatic hydroxyl groups is 1. The maximum absolute atomic E-state index is 11.9. The Morgan fingerprint density at radius 2 is 1.97 bits per heavy atom. The van der Waals surface area contributed by atoms with E-state index in [9.17, 15) is 9.90 Å². The Labute approximate surface area is 174 Å². The third-order valence-corrected chi connectivity index (χ3v) is 5.81. The molecule has 2 aromatic heterocycles.